The monoisotopic (exact) mass is 323 g/mol. The van der Waals surface area contributed by atoms with Crippen LogP contribution in [0.1, 0.15) is 16.7 Å². The van der Waals surface area contributed by atoms with Crippen molar-refractivity contribution in [1.82, 2.24) is 4.98 Å². The molecule has 0 saturated carbocycles. The molecule has 0 aliphatic heterocycles. The SMILES string of the molecule is Cc1ccc(-c2ccc3ccccc3n2)c(CCc2ccccc2)c1. The molecule has 0 bridgehead atoms. The maximum absolute atomic E-state index is 4.89. The van der Waals surface area contributed by atoms with Crippen LogP contribution >= 0.6 is 0 Å². The molecule has 1 heterocycles. The van der Waals surface area contributed by atoms with Gasteiger partial charge in [-0.05, 0) is 43.0 Å². The molecule has 1 nitrogen and oxygen atoms in total. The molecule has 0 fully saturated rings. The lowest BCUT2D eigenvalue weighted by Crippen LogP contribution is -1.97. The van der Waals surface area contributed by atoms with Crippen molar-refractivity contribution >= 4 is 10.9 Å². The van der Waals surface area contributed by atoms with Crippen molar-refractivity contribution in [3.63, 3.8) is 0 Å². The molecule has 0 amide bonds. The fraction of sp³-hybridized carbons (Fsp3) is 0.125. The van der Waals surface area contributed by atoms with Crippen molar-refractivity contribution in [2.75, 3.05) is 0 Å². The van der Waals surface area contributed by atoms with Gasteiger partial charge in [0, 0.05) is 10.9 Å². The maximum atomic E-state index is 4.89. The second-order valence-electron chi connectivity index (χ2n) is 6.54. The van der Waals surface area contributed by atoms with Crippen LogP contribution in [0.2, 0.25) is 0 Å². The summed E-state index contributed by atoms with van der Waals surface area (Å²) in [6.07, 6.45) is 2.07. The Morgan fingerprint density at radius 2 is 1.52 bits per heavy atom. The van der Waals surface area contributed by atoms with Crippen LogP contribution in [0, 0.1) is 6.92 Å². The first-order chi connectivity index (χ1) is 12.3. The van der Waals surface area contributed by atoms with E-state index in [4.69, 9.17) is 4.98 Å². The number of rotatable bonds is 4. The van der Waals surface area contributed by atoms with Gasteiger partial charge in [-0.3, -0.25) is 0 Å². The fourth-order valence-corrected chi connectivity index (χ4v) is 3.32. The zero-order valence-electron chi connectivity index (χ0n) is 14.4. The van der Waals surface area contributed by atoms with Crippen LogP contribution in [0.4, 0.5) is 0 Å². The number of nitrogens with zero attached hydrogens (tertiary/aromatic N) is 1. The van der Waals surface area contributed by atoms with E-state index in [-0.39, 0.29) is 0 Å². The van der Waals surface area contributed by atoms with E-state index < -0.39 is 0 Å². The molecule has 0 spiro atoms. The molecule has 0 unspecified atom stereocenters. The Morgan fingerprint density at radius 3 is 2.40 bits per heavy atom. The van der Waals surface area contributed by atoms with E-state index in [0.29, 0.717) is 0 Å². The minimum atomic E-state index is 1.02. The molecule has 1 heteroatoms. The third-order valence-electron chi connectivity index (χ3n) is 4.66. The van der Waals surface area contributed by atoms with Crippen LogP contribution in [0.25, 0.3) is 22.2 Å². The second kappa shape index (κ2) is 6.90. The van der Waals surface area contributed by atoms with Crippen LogP contribution in [-0.2, 0) is 12.8 Å². The molecule has 4 aromatic rings. The lowest BCUT2D eigenvalue weighted by Gasteiger charge is -2.11. The molecule has 0 radical (unpaired) electrons. The van der Waals surface area contributed by atoms with Crippen LogP contribution < -0.4 is 0 Å². The molecule has 1 aromatic heterocycles. The third kappa shape index (κ3) is 3.46. The smallest absolute Gasteiger partial charge is 0.0712 e. The van der Waals surface area contributed by atoms with Gasteiger partial charge in [0.2, 0.25) is 0 Å². The molecular weight excluding hydrogens is 302 g/mol. The topological polar surface area (TPSA) is 12.9 Å². The number of fused-ring (bicyclic) bond motifs is 1. The van der Waals surface area contributed by atoms with Gasteiger partial charge in [-0.25, -0.2) is 4.98 Å². The van der Waals surface area contributed by atoms with Gasteiger partial charge in [-0.2, -0.15) is 0 Å². The standard InChI is InChI=1S/C24H21N/c1-18-11-15-22(21(17-18)13-12-19-7-3-2-4-8-19)24-16-14-20-9-5-6-10-23(20)25-24/h2-11,14-17H,12-13H2,1H3. The van der Waals surface area contributed by atoms with Gasteiger partial charge in [0.25, 0.3) is 0 Å². The highest BCUT2D eigenvalue weighted by molar-refractivity contribution is 5.82. The Labute approximate surface area is 149 Å². The molecule has 3 aromatic carbocycles. The first-order valence-electron chi connectivity index (χ1n) is 8.79. The van der Waals surface area contributed by atoms with E-state index in [9.17, 15) is 0 Å². The summed E-state index contributed by atoms with van der Waals surface area (Å²) >= 11 is 0. The van der Waals surface area contributed by atoms with Crippen LogP contribution in [0.3, 0.4) is 0 Å². The van der Waals surface area contributed by atoms with Gasteiger partial charge in [0.1, 0.15) is 0 Å². The van der Waals surface area contributed by atoms with E-state index in [1.807, 2.05) is 6.07 Å². The summed E-state index contributed by atoms with van der Waals surface area (Å²) in [5.41, 5.74) is 7.39. The molecule has 25 heavy (non-hydrogen) atoms. The van der Waals surface area contributed by atoms with Crippen LogP contribution in [-0.4, -0.2) is 4.98 Å². The highest BCUT2D eigenvalue weighted by atomic mass is 14.7. The summed E-state index contributed by atoms with van der Waals surface area (Å²) in [7, 11) is 0. The summed E-state index contributed by atoms with van der Waals surface area (Å²) in [6, 6.07) is 30.0. The normalized spacial score (nSPS) is 10.9. The summed E-state index contributed by atoms with van der Waals surface area (Å²) in [5, 5.41) is 1.18. The second-order valence-corrected chi connectivity index (χ2v) is 6.54. The van der Waals surface area contributed by atoms with Crippen LogP contribution in [0.5, 0.6) is 0 Å². The summed E-state index contributed by atoms with van der Waals surface area (Å²) < 4.78 is 0. The molecular formula is C24H21N. The molecule has 0 atom stereocenters. The number of benzene rings is 3. The Bertz CT molecular complexity index is 1000. The van der Waals surface area contributed by atoms with Gasteiger partial charge in [0.05, 0.1) is 11.2 Å². The van der Waals surface area contributed by atoms with Crippen molar-refractivity contribution in [2.24, 2.45) is 0 Å². The van der Waals surface area contributed by atoms with Gasteiger partial charge in [0.15, 0.2) is 0 Å². The summed E-state index contributed by atoms with van der Waals surface area (Å²) in [5.74, 6) is 0. The Morgan fingerprint density at radius 1 is 0.720 bits per heavy atom. The van der Waals surface area contributed by atoms with Crippen molar-refractivity contribution in [3.05, 3.63) is 102 Å². The van der Waals surface area contributed by atoms with E-state index in [2.05, 4.69) is 85.8 Å². The minimum Gasteiger partial charge on any atom is -0.248 e. The van der Waals surface area contributed by atoms with Crippen molar-refractivity contribution < 1.29 is 0 Å². The molecule has 122 valence electrons. The summed E-state index contributed by atoms with van der Waals surface area (Å²) in [4.78, 5) is 4.89. The predicted molar refractivity (Wildman–Crippen MR) is 106 cm³/mol. The number of hydrogen-bond acceptors (Lipinski definition) is 1. The van der Waals surface area contributed by atoms with E-state index in [1.54, 1.807) is 0 Å². The van der Waals surface area contributed by atoms with Crippen molar-refractivity contribution in [1.29, 1.82) is 0 Å². The molecule has 0 aliphatic carbocycles. The number of pyridine rings is 1. The highest BCUT2D eigenvalue weighted by Crippen LogP contribution is 2.26. The van der Waals surface area contributed by atoms with Gasteiger partial charge >= 0.3 is 0 Å². The van der Waals surface area contributed by atoms with Gasteiger partial charge < -0.3 is 0 Å². The number of para-hydroxylation sites is 1. The number of aryl methyl sites for hydroxylation is 3. The molecule has 0 N–H and O–H groups in total. The lowest BCUT2D eigenvalue weighted by atomic mass is 9.95. The number of hydrogen-bond donors (Lipinski definition) is 0. The summed E-state index contributed by atoms with van der Waals surface area (Å²) in [6.45, 7) is 2.16. The first kappa shape index (κ1) is 15.6. The van der Waals surface area contributed by atoms with Gasteiger partial charge in [-0.15, -0.1) is 0 Å². The van der Waals surface area contributed by atoms with E-state index in [1.165, 1.54) is 27.6 Å². The van der Waals surface area contributed by atoms with Gasteiger partial charge in [-0.1, -0.05) is 78.4 Å². The average Bonchev–Trinajstić information content (AvgIpc) is 2.67. The molecule has 4 rings (SSSR count). The quantitative estimate of drug-likeness (QED) is 0.449. The van der Waals surface area contributed by atoms with Crippen molar-refractivity contribution in [3.8, 4) is 11.3 Å². The Kier molecular flexibility index (Phi) is 4.30. The number of aromatic nitrogens is 1. The van der Waals surface area contributed by atoms with Crippen molar-refractivity contribution in [2.45, 2.75) is 19.8 Å². The van der Waals surface area contributed by atoms with E-state index >= 15 is 0 Å². The maximum Gasteiger partial charge on any atom is 0.0712 e. The third-order valence-corrected chi connectivity index (χ3v) is 4.66. The zero-order chi connectivity index (χ0) is 17.1. The Balaban J connectivity index is 1.70. The fourth-order valence-electron chi connectivity index (χ4n) is 3.32. The van der Waals surface area contributed by atoms with Crippen LogP contribution in [0.15, 0.2) is 84.9 Å². The first-order valence-corrected chi connectivity index (χ1v) is 8.79. The lowest BCUT2D eigenvalue weighted by molar-refractivity contribution is 0.959. The minimum absolute atomic E-state index is 1.02. The Hall–Kier alpha value is -2.93. The highest BCUT2D eigenvalue weighted by Gasteiger charge is 2.08. The zero-order valence-corrected chi connectivity index (χ0v) is 14.4. The largest absolute Gasteiger partial charge is 0.248 e. The molecule has 0 saturated heterocycles. The predicted octanol–water partition coefficient (Wildman–Crippen LogP) is 6.00. The average molecular weight is 323 g/mol. The molecule has 0 aliphatic rings. The van der Waals surface area contributed by atoms with E-state index in [0.717, 1.165) is 24.1 Å².